The molecule has 1 fully saturated rings. The minimum Gasteiger partial charge on any atom is -0.480 e. The Balaban J connectivity index is 2.05. The van der Waals surface area contributed by atoms with Crippen LogP contribution in [0.3, 0.4) is 0 Å². The third kappa shape index (κ3) is 1.68. The third-order valence-corrected chi connectivity index (χ3v) is 3.94. The zero-order chi connectivity index (χ0) is 14.3. The average Bonchev–Trinajstić information content (AvgIpc) is 2.64. The van der Waals surface area contributed by atoms with E-state index < -0.39 is 30.0 Å². The van der Waals surface area contributed by atoms with Crippen molar-refractivity contribution < 1.29 is 19.5 Å². The normalized spacial score (nSPS) is 24.7. The number of carbonyl (C=O) groups is 3. The van der Waals surface area contributed by atoms with E-state index in [1.54, 1.807) is 0 Å². The lowest BCUT2D eigenvalue weighted by molar-refractivity contribution is -0.143. The Morgan fingerprint density at radius 1 is 1.35 bits per heavy atom. The van der Waals surface area contributed by atoms with Gasteiger partial charge in [-0.15, -0.1) is 0 Å². The number of nitrogens with zero attached hydrogens (tertiary/aromatic N) is 1. The predicted molar refractivity (Wildman–Crippen MR) is 68.9 cm³/mol. The first kappa shape index (κ1) is 12.7. The highest BCUT2D eigenvalue weighted by Crippen LogP contribution is 2.39. The zero-order valence-electron chi connectivity index (χ0n) is 10.8. The van der Waals surface area contributed by atoms with Gasteiger partial charge in [0.25, 0.3) is 5.91 Å². The molecule has 0 radical (unpaired) electrons. The molecule has 1 aromatic rings. The number of amides is 3. The monoisotopic (exact) mass is 274 g/mol. The Kier molecular flexibility index (Phi) is 2.74. The molecule has 20 heavy (non-hydrogen) atoms. The predicted octanol–water partition coefficient (Wildman–Crippen LogP) is 0.855. The maximum atomic E-state index is 12.6. The van der Waals surface area contributed by atoms with Crippen molar-refractivity contribution in [2.24, 2.45) is 0 Å². The summed E-state index contributed by atoms with van der Waals surface area (Å²) in [6.45, 7) is -0.603. The van der Waals surface area contributed by atoms with Crippen molar-refractivity contribution in [3.63, 3.8) is 0 Å². The van der Waals surface area contributed by atoms with Gasteiger partial charge in [0.05, 0.1) is 0 Å². The van der Waals surface area contributed by atoms with Gasteiger partial charge < -0.3 is 10.4 Å². The fourth-order valence-corrected chi connectivity index (χ4v) is 3.09. The molecule has 3 amide bonds. The van der Waals surface area contributed by atoms with E-state index in [-0.39, 0.29) is 0 Å². The third-order valence-electron chi connectivity index (χ3n) is 3.94. The number of aliphatic carboxylic acids is 1. The van der Waals surface area contributed by atoms with Crippen molar-refractivity contribution in [2.45, 2.75) is 24.8 Å². The van der Waals surface area contributed by atoms with Gasteiger partial charge in [0.2, 0.25) is 0 Å². The Bertz CT molecular complexity index is 613. The molecule has 1 spiro atoms. The second-order valence-corrected chi connectivity index (χ2v) is 5.13. The first-order valence-electron chi connectivity index (χ1n) is 6.49. The molecule has 1 aliphatic heterocycles. The van der Waals surface area contributed by atoms with Crippen LogP contribution in [0.2, 0.25) is 0 Å². The van der Waals surface area contributed by atoms with E-state index in [4.69, 9.17) is 5.11 Å². The van der Waals surface area contributed by atoms with Gasteiger partial charge >= 0.3 is 12.0 Å². The van der Waals surface area contributed by atoms with E-state index in [1.807, 2.05) is 24.3 Å². The van der Waals surface area contributed by atoms with Gasteiger partial charge in [-0.3, -0.25) is 14.5 Å². The Labute approximate surface area is 115 Å². The summed E-state index contributed by atoms with van der Waals surface area (Å²) in [5.41, 5.74) is 0.739. The number of rotatable bonds is 2. The van der Waals surface area contributed by atoms with Crippen LogP contribution in [0.15, 0.2) is 24.3 Å². The van der Waals surface area contributed by atoms with E-state index in [2.05, 4.69) is 5.32 Å². The van der Waals surface area contributed by atoms with Crippen LogP contribution in [-0.4, -0.2) is 34.5 Å². The Morgan fingerprint density at radius 3 is 2.85 bits per heavy atom. The van der Waals surface area contributed by atoms with E-state index in [0.717, 1.165) is 28.9 Å². The molecule has 1 saturated heterocycles. The molecule has 3 rings (SSSR count). The maximum absolute atomic E-state index is 12.6. The molecule has 6 heteroatoms. The van der Waals surface area contributed by atoms with Gasteiger partial charge in [-0.1, -0.05) is 24.3 Å². The Hall–Kier alpha value is -2.37. The van der Waals surface area contributed by atoms with Crippen LogP contribution in [-0.2, 0) is 21.5 Å². The first-order valence-corrected chi connectivity index (χ1v) is 6.49. The average molecular weight is 274 g/mol. The van der Waals surface area contributed by atoms with Crippen molar-refractivity contribution in [3.8, 4) is 0 Å². The molecule has 2 N–H and O–H groups in total. The Morgan fingerprint density at radius 2 is 2.10 bits per heavy atom. The fraction of sp³-hybridized carbons (Fsp3) is 0.357. The number of hydrogen-bond acceptors (Lipinski definition) is 3. The van der Waals surface area contributed by atoms with Crippen LogP contribution < -0.4 is 5.32 Å². The van der Waals surface area contributed by atoms with Crippen molar-refractivity contribution in [3.05, 3.63) is 35.4 Å². The first-order chi connectivity index (χ1) is 9.54. The van der Waals surface area contributed by atoms with Gasteiger partial charge in [-0.25, -0.2) is 4.79 Å². The summed E-state index contributed by atoms with van der Waals surface area (Å²) in [6, 6.07) is 6.86. The molecule has 1 heterocycles. The summed E-state index contributed by atoms with van der Waals surface area (Å²) >= 11 is 0. The molecule has 1 atom stereocenters. The molecule has 2 aliphatic rings. The minimum atomic E-state index is -1.20. The highest BCUT2D eigenvalue weighted by Gasteiger charge is 2.54. The molecule has 6 nitrogen and oxygen atoms in total. The number of carboxylic acid groups (broad SMARTS) is 1. The van der Waals surface area contributed by atoms with Crippen molar-refractivity contribution in [1.29, 1.82) is 0 Å². The number of carboxylic acids is 1. The number of imide groups is 1. The van der Waals surface area contributed by atoms with Gasteiger partial charge in [-0.05, 0) is 30.4 Å². The number of urea groups is 1. The maximum Gasteiger partial charge on any atom is 0.325 e. The van der Waals surface area contributed by atoms with Crippen LogP contribution >= 0.6 is 0 Å². The van der Waals surface area contributed by atoms with Gasteiger partial charge in [-0.2, -0.15) is 0 Å². The molecule has 1 aromatic carbocycles. The van der Waals surface area contributed by atoms with E-state index in [0.29, 0.717) is 6.42 Å². The number of aryl methyl sites for hydroxylation is 1. The van der Waals surface area contributed by atoms with Gasteiger partial charge in [0.1, 0.15) is 12.1 Å². The van der Waals surface area contributed by atoms with Gasteiger partial charge in [0, 0.05) is 0 Å². The summed E-state index contributed by atoms with van der Waals surface area (Å²) in [7, 11) is 0. The van der Waals surface area contributed by atoms with Crippen LogP contribution in [0.4, 0.5) is 4.79 Å². The standard InChI is InChI=1S/C14H14N2O4/c17-11(18)8-16-12(19)14(15-13(16)20)7-3-5-9-4-1-2-6-10(9)14/h1-2,4,6H,3,5,7-8H2,(H,15,20)(H,17,18)/t14-/m0/s1. The number of carbonyl (C=O) groups excluding carboxylic acids is 2. The minimum absolute atomic E-state index is 0.461. The second kappa shape index (κ2) is 4.33. The summed E-state index contributed by atoms with van der Waals surface area (Å²) in [5.74, 6) is -1.66. The van der Waals surface area contributed by atoms with Gasteiger partial charge in [0.15, 0.2) is 0 Å². The SMILES string of the molecule is O=C(O)CN1C(=O)N[C@]2(CCCc3ccccc32)C1=O. The molecular formula is C14H14N2O4. The zero-order valence-corrected chi connectivity index (χ0v) is 10.8. The van der Waals surface area contributed by atoms with E-state index in [1.165, 1.54) is 0 Å². The van der Waals surface area contributed by atoms with Crippen LogP contribution in [0.1, 0.15) is 24.0 Å². The molecule has 1 aliphatic carbocycles. The fourth-order valence-electron chi connectivity index (χ4n) is 3.09. The van der Waals surface area contributed by atoms with Crippen molar-refractivity contribution in [2.75, 3.05) is 6.54 Å². The number of fused-ring (bicyclic) bond motifs is 2. The number of benzene rings is 1. The number of hydrogen-bond donors (Lipinski definition) is 2. The number of nitrogens with one attached hydrogen (secondary N) is 1. The van der Waals surface area contributed by atoms with E-state index >= 15 is 0 Å². The van der Waals surface area contributed by atoms with Crippen LogP contribution in [0, 0.1) is 0 Å². The molecule has 0 aromatic heterocycles. The molecule has 0 bridgehead atoms. The highest BCUT2D eigenvalue weighted by molar-refractivity contribution is 6.09. The molecule has 104 valence electrons. The molecule has 0 unspecified atom stereocenters. The summed E-state index contributed by atoms with van der Waals surface area (Å²) in [6.07, 6.45) is 2.15. The van der Waals surface area contributed by atoms with Crippen molar-refractivity contribution in [1.82, 2.24) is 10.2 Å². The lowest BCUT2D eigenvalue weighted by Crippen LogP contribution is -2.46. The highest BCUT2D eigenvalue weighted by atomic mass is 16.4. The summed E-state index contributed by atoms with van der Waals surface area (Å²) < 4.78 is 0. The summed E-state index contributed by atoms with van der Waals surface area (Å²) in [5, 5.41) is 11.5. The molecule has 0 saturated carbocycles. The lowest BCUT2D eigenvalue weighted by Gasteiger charge is -2.33. The lowest BCUT2D eigenvalue weighted by atomic mass is 9.76. The van der Waals surface area contributed by atoms with Crippen LogP contribution in [0.25, 0.3) is 0 Å². The largest absolute Gasteiger partial charge is 0.480 e. The van der Waals surface area contributed by atoms with E-state index in [9.17, 15) is 14.4 Å². The second-order valence-electron chi connectivity index (χ2n) is 5.13. The topological polar surface area (TPSA) is 86.7 Å². The van der Waals surface area contributed by atoms with Crippen molar-refractivity contribution >= 4 is 17.9 Å². The quantitative estimate of drug-likeness (QED) is 0.783. The smallest absolute Gasteiger partial charge is 0.325 e. The van der Waals surface area contributed by atoms with Crippen LogP contribution in [0.5, 0.6) is 0 Å². The summed E-state index contributed by atoms with van der Waals surface area (Å²) in [4.78, 5) is 36.1. The molecular weight excluding hydrogens is 260 g/mol.